The van der Waals surface area contributed by atoms with E-state index in [1.54, 1.807) is 30.5 Å². The lowest BCUT2D eigenvalue weighted by Gasteiger charge is -2.07. The van der Waals surface area contributed by atoms with Crippen LogP contribution < -0.4 is 0 Å². The van der Waals surface area contributed by atoms with Gasteiger partial charge in [0.25, 0.3) is 0 Å². The summed E-state index contributed by atoms with van der Waals surface area (Å²) >= 11 is 0. The van der Waals surface area contributed by atoms with Crippen LogP contribution in [0, 0.1) is 0 Å². The maximum atomic E-state index is 10.5. The number of phenols is 1. The van der Waals surface area contributed by atoms with Crippen LogP contribution in [0.25, 0.3) is 0 Å². The summed E-state index contributed by atoms with van der Waals surface area (Å²) in [4.78, 5) is 10.5. The monoisotopic (exact) mass is 206 g/mol. The van der Waals surface area contributed by atoms with Crippen LogP contribution in [-0.2, 0) is 4.79 Å². The van der Waals surface area contributed by atoms with Gasteiger partial charge in [0, 0.05) is 6.54 Å². The van der Waals surface area contributed by atoms with E-state index in [4.69, 9.17) is 5.11 Å². The largest absolute Gasteiger partial charge is 0.508 e. The quantitative estimate of drug-likeness (QED) is 0.452. The van der Waals surface area contributed by atoms with Crippen molar-refractivity contribution >= 4 is 12.6 Å². The highest BCUT2D eigenvalue weighted by Crippen LogP contribution is 2.07. The molecule has 0 bridgehead atoms. The SMILES string of the molecule is CCCN(C=O)/N=C/c1ccc(O)cc1. The van der Waals surface area contributed by atoms with Crippen LogP contribution in [0.1, 0.15) is 18.9 Å². The highest BCUT2D eigenvalue weighted by atomic mass is 16.3. The molecular formula is C11H14N2O2. The molecule has 4 heteroatoms. The molecule has 0 aliphatic carbocycles. The van der Waals surface area contributed by atoms with Gasteiger partial charge in [0.1, 0.15) is 5.75 Å². The first-order chi connectivity index (χ1) is 7.26. The molecule has 0 saturated heterocycles. The van der Waals surface area contributed by atoms with Crippen molar-refractivity contribution in [1.82, 2.24) is 5.01 Å². The van der Waals surface area contributed by atoms with Crippen LogP contribution >= 0.6 is 0 Å². The number of hydrogen-bond acceptors (Lipinski definition) is 3. The fourth-order valence-corrected chi connectivity index (χ4v) is 1.07. The number of carbonyl (C=O) groups is 1. The van der Waals surface area contributed by atoms with E-state index in [-0.39, 0.29) is 5.75 Å². The van der Waals surface area contributed by atoms with E-state index < -0.39 is 0 Å². The fourth-order valence-electron chi connectivity index (χ4n) is 1.07. The van der Waals surface area contributed by atoms with Gasteiger partial charge in [-0.25, -0.2) is 5.01 Å². The standard InChI is InChI=1S/C11H14N2O2/c1-2-7-13(9-14)12-8-10-3-5-11(15)6-4-10/h3-6,8-9,15H,2,7H2,1H3/b12-8+. The van der Waals surface area contributed by atoms with Gasteiger partial charge in [-0.2, -0.15) is 5.10 Å². The maximum absolute atomic E-state index is 10.5. The first-order valence-electron chi connectivity index (χ1n) is 4.81. The van der Waals surface area contributed by atoms with Gasteiger partial charge in [-0.05, 0) is 36.2 Å². The molecule has 15 heavy (non-hydrogen) atoms. The Kier molecular flexibility index (Phi) is 4.34. The van der Waals surface area contributed by atoms with Gasteiger partial charge in [0.05, 0.1) is 6.21 Å². The number of rotatable bonds is 5. The molecule has 0 radical (unpaired) electrons. The van der Waals surface area contributed by atoms with E-state index in [1.165, 1.54) is 5.01 Å². The summed E-state index contributed by atoms with van der Waals surface area (Å²) in [5.74, 6) is 0.216. The summed E-state index contributed by atoms with van der Waals surface area (Å²) in [6.45, 7) is 2.59. The second kappa shape index (κ2) is 5.80. The molecule has 0 heterocycles. The Balaban J connectivity index is 2.63. The molecule has 0 spiro atoms. The van der Waals surface area contributed by atoms with Crippen LogP contribution in [0.15, 0.2) is 29.4 Å². The van der Waals surface area contributed by atoms with Crippen molar-refractivity contribution in [3.05, 3.63) is 29.8 Å². The van der Waals surface area contributed by atoms with E-state index in [1.807, 2.05) is 6.92 Å². The van der Waals surface area contributed by atoms with E-state index in [9.17, 15) is 4.79 Å². The Morgan fingerprint density at radius 3 is 2.60 bits per heavy atom. The predicted octanol–water partition coefficient (Wildman–Crippen LogP) is 1.59. The molecule has 1 amide bonds. The molecule has 0 fully saturated rings. The van der Waals surface area contributed by atoms with E-state index in [2.05, 4.69) is 5.10 Å². The normalized spacial score (nSPS) is 10.5. The molecule has 1 rings (SSSR count). The molecule has 0 saturated carbocycles. The zero-order valence-electron chi connectivity index (χ0n) is 8.63. The zero-order chi connectivity index (χ0) is 11.1. The summed E-state index contributed by atoms with van der Waals surface area (Å²) in [6, 6.07) is 6.61. The average molecular weight is 206 g/mol. The molecule has 0 aromatic heterocycles. The Labute approximate surface area is 88.8 Å². The molecule has 1 N–H and O–H groups in total. The second-order valence-corrected chi connectivity index (χ2v) is 3.10. The summed E-state index contributed by atoms with van der Waals surface area (Å²) in [5.41, 5.74) is 0.843. The van der Waals surface area contributed by atoms with E-state index in [0.29, 0.717) is 13.0 Å². The summed E-state index contributed by atoms with van der Waals surface area (Å²) in [5, 5.41) is 14.4. The maximum Gasteiger partial charge on any atom is 0.229 e. The predicted molar refractivity (Wildman–Crippen MR) is 58.8 cm³/mol. The Hall–Kier alpha value is -1.84. The lowest BCUT2D eigenvalue weighted by atomic mass is 10.2. The van der Waals surface area contributed by atoms with Crippen LogP contribution in [0.2, 0.25) is 0 Å². The Morgan fingerprint density at radius 2 is 2.07 bits per heavy atom. The minimum atomic E-state index is 0.216. The van der Waals surface area contributed by atoms with Crippen molar-refractivity contribution < 1.29 is 9.90 Å². The van der Waals surface area contributed by atoms with Gasteiger partial charge in [0.15, 0.2) is 0 Å². The van der Waals surface area contributed by atoms with Crippen molar-refractivity contribution in [3.63, 3.8) is 0 Å². The lowest BCUT2D eigenvalue weighted by Crippen LogP contribution is -2.15. The fraction of sp³-hybridized carbons (Fsp3) is 0.273. The van der Waals surface area contributed by atoms with E-state index in [0.717, 1.165) is 12.0 Å². The summed E-state index contributed by atoms with van der Waals surface area (Å²) in [6.07, 6.45) is 3.15. The Bertz CT molecular complexity index is 333. The smallest absolute Gasteiger partial charge is 0.229 e. The molecule has 0 atom stereocenters. The zero-order valence-corrected chi connectivity index (χ0v) is 8.63. The third-order valence-corrected chi connectivity index (χ3v) is 1.82. The third kappa shape index (κ3) is 3.81. The van der Waals surface area contributed by atoms with Crippen molar-refractivity contribution in [2.75, 3.05) is 6.54 Å². The molecular weight excluding hydrogens is 192 g/mol. The molecule has 80 valence electrons. The van der Waals surface area contributed by atoms with Crippen LogP contribution in [0.3, 0.4) is 0 Å². The lowest BCUT2D eigenvalue weighted by molar-refractivity contribution is -0.118. The van der Waals surface area contributed by atoms with E-state index >= 15 is 0 Å². The highest BCUT2D eigenvalue weighted by molar-refractivity contribution is 5.80. The number of hydrogen-bond donors (Lipinski definition) is 1. The van der Waals surface area contributed by atoms with Gasteiger partial charge in [-0.15, -0.1) is 0 Å². The van der Waals surface area contributed by atoms with Crippen molar-refractivity contribution in [2.45, 2.75) is 13.3 Å². The highest BCUT2D eigenvalue weighted by Gasteiger charge is 1.94. The van der Waals surface area contributed by atoms with Gasteiger partial charge in [-0.1, -0.05) is 6.92 Å². The first-order valence-corrected chi connectivity index (χ1v) is 4.81. The van der Waals surface area contributed by atoms with Gasteiger partial charge in [-0.3, -0.25) is 4.79 Å². The number of aromatic hydroxyl groups is 1. The number of phenolic OH excluding ortho intramolecular Hbond substituents is 1. The topological polar surface area (TPSA) is 52.9 Å². The van der Waals surface area contributed by atoms with Crippen molar-refractivity contribution in [3.8, 4) is 5.75 Å². The first kappa shape index (κ1) is 11.2. The van der Waals surface area contributed by atoms with Crippen LogP contribution in [0.5, 0.6) is 5.75 Å². The molecule has 0 aliphatic heterocycles. The number of benzene rings is 1. The molecule has 1 aromatic carbocycles. The summed E-state index contributed by atoms with van der Waals surface area (Å²) < 4.78 is 0. The van der Waals surface area contributed by atoms with Crippen LogP contribution in [-0.4, -0.2) is 29.3 Å². The molecule has 1 aromatic rings. The van der Waals surface area contributed by atoms with Gasteiger partial charge >= 0.3 is 0 Å². The van der Waals surface area contributed by atoms with Crippen molar-refractivity contribution in [1.29, 1.82) is 0 Å². The minimum absolute atomic E-state index is 0.216. The number of amides is 1. The average Bonchev–Trinajstić information content (AvgIpc) is 2.26. The van der Waals surface area contributed by atoms with Gasteiger partial charge in [0.2, 0.25) is 6.41 Å². The van der Waals surface area contributed by atoms with Crippen LogP contribution in [0.4, 0.5) is 0 Å². The minimum Gasteiger partial charge on any atom is -0.508 e. The molecule has 4 nitrogen and oxygen atoms in total. The number of carbonyl (C=O) groups excluding carboxylic acids is 1. The van der Waals surface area contributed by atoms with Gasteiger partial charge < -0.3 is 5.11 Å². The molecule has 0 unspecified atom stereocenters. The number of nitrogens with zero attached hydrogens (tertiary/aromatic N) is 2. The number of hydrazone groups is 1. The Morgan fingerprint density at radius 1 is 1.40 bits per heavy atom. The second-order valence-electron chi connectivity index (χ2n) is 3.10. The molecule has 0 aliphatic rings. The van der Waals surface area contributed by atoms with Crippen molar-refractivity contribution in [2.24, 2.45) is 5.10 Å². The third-order valence-electron chi connectivity index (χ3n) is 1.82. The summed E-state index contributed by atoms with van der Waals surface area (Å²) in [7, 11) is 0.